The number of piperidine rings is 1. The van der Waals surface area contributed by atoms with Gasteiger partial charge in [-0.3, -0.25) is 14.5 Å². The Hall–Kier alpha value is -1.88. The molecule has 0 bridgehead atoms. The predicted octanol–water partition coefficient (Wildman–Crippen LogP) is 3.25. The first-order valence-electron chi connectivity index (χ1n) is 11.5. The molecule has 0 aliphatic carbocycles. The van der Waals surface area contributed by atoms with Crippen molar-refractivity contribution in [2.75, 3.05) is 39.3 Å². The van der Waals surface area contributed by atoms with Crippen LogP contribution in [0.5, 0.6) is 0 Å². The topological polar surface area (TPSA) is 43.9 Å². The fraction of sp³-hybridized carbons (Fsp3) is 0.667. The van der Waals surface area contributed by atoms with Gasteiger partial charge in [0.1, 0.15) is 6.04 Å². The van der Waals surface area contributed by atoms with Crippen LogP contribution in [0.2, 0.25) is 0 Å². The third kappa shape index (κ3) is 4.66. The van der Waals surface area contributed by atoms with Gasteiger partial charge in [0.05, 0.1) is 6.54 Å². The molecule has 29 heavy (non-hydrogen) atoms. The van der Waals surface area contributed by atoms with E-state index in [0.29, 0.717) is 12.5 Å². The fourth-order valence-corrected chi connectivity index (χ4v) is 5.07. The molecule has 5 heteroatoms. The van der Waals surface area contributed by atoms with Crippen LogP contribution in [-0.4, -0.2) is 65.8 Å². The average Bonchev–Trinajstić information content (AvgIpc) is 3.03. The number of hydrogen-bond donors (Lipinski definition) is 0. The van der Waals surface area contributed by atoms with Crippen molar-refractivity contribution in [2.45, 2.75) is 57.9 Å². The van der Waals surface area contributed by atoms with E-state index in [0.717, 1.165) is 70.4 Å². The molecule has 2 saturated heterocycles. The molecule has 5 nitrogen and oxygen atoms in total. The lowest BCUT2D eigenvalue weighted by atomic mass is 9.90. The van der Waals surface area contributed by atoms with Crippen LogP contribution in [0.15, 0.2) is 24.3 Å². The number of fused-ring (bicyclic) bond motifs is 1. The van der Waals surface area contributed by atoms with Gasteiger partial charge in [-0.2, -0.15) is 0 Å². The first kappa shape index (κ1) is 20.4. The second-order valence-electron chi connectivity index (χ2n) is 9.12. The van der Waals surface area contributed by atoms with Crippen molar-refractivity contribution in [2.24, 2.45) is 5.92 Å². The standard InChI is InChI=1S/C24H35N3O2/c1-19-10-15-26(16-11-19)24(29)23-21-9-5-4-8-20(21)12-17-27(23)18-22(28)25-13-6-2-3-7-14-25/h4-5,8-9,19,23H,2-3,6-7,10-18H2,1H3/t23-/m0/s1. The van der Waals surface area contributed by atoms with Crippen LogP contribution >= 0.6 is 0 Å². The molecule has 3 aliphatic rings. The van der Waals surface area contributed by atoms with E-state index in [9.17, 15) is 9.59 Å². The van der Waals surface area contributed by atoms with Gasteiger partial charge < -0.3 is 9.80 Å². The predicted molar refractivity (Wildman–Crippen MR) is 114 cm³/mol. The smallest absolute Gasteiger partial charge is 0.244 e. The molecule has 0 spiro atoms. The Morgan fingerprint density at radius 3 is 2.31 bits per heavy atom. The third-order valence-electron chi connectivity index (χ3n) is 7.01. The van der Waals surface area contributed by atoms with Crippen molar-refractivity contribution in [3.8, 4) is 0 Å². The summed E-state index contributed by atoms with van der Waals surface area (Å²) in [6.07, 6.45) is 7.69. The summed E-state index contributed by atoms with van der Waals surface area (Å²) in [5.74, 6) is 1.07. The first-order chi connectivity index (χ1) is 14.1. The largest absolute Gasteiger partial charge is 0.342 e. The summed E-state index contributed by atoms with van der Waals surface area (Å²) in [6.45, 7) is 6.81. The highest BCUT2D eigenvalue weighted by molar-refractivity contribution is 5.85. The minimum absolute atomic E-state index is 0.188. The van der Waals surface area contributed by atoms with Gasteiger partial charge in [-0.15, -0.1) is 0 Å². The van der Waals surface area contributed by atoms with Gasteiger partial charge in [-0.05, 0) is 49.1 Å². The van der Waals surface area contributed by atoms with Crippen LogP contribution in [0.25, 0.3) is 0 Å². The molecule has 0 N–H and O–H groups in total. The SMILES string of the molecule is CC1CCN(C(=O)[C@@H]2c3ccccc3CCN2CC(=O)N2CCCCCC2)CC1. The Balaban J connectivity index is 1.53. The van der Waals surface area contributed by atoms with Crippen molar-refractivity contribution < 1.29 is 9.59 Å². The van der Waals surface area contributed by atoms with Crippen LogP contribution in [-0.2, 0) is 16.0 Å². The van der Waals surface area contributed by atoms with Crippen LogP contribution in [0.4, 0.5) is 0 Å². The van der Waals surface area contributed by atoms with Gasteiger partial charge >= 0.3 is 0 Å². The van der Waals surface area contributed by atoms with Crippen LogP contribution in [0.1, 0.15) is 62.6 Å². The molecule has 0 aromatic heterocycles. The number of hydrogen-bond acceptors (Lipinski definition) is 3. The fourth-order valence-electron chi connectivity index (χ4n) is 5.07. The maximum absolute atomic E-state index is 13.6. The molecular formula is C24H35N3O2. The second-order valence-corrected chi connectivity index (χ2v) is 9.12. The van der Waals surface area contributed by atoms with Crippen molar-refractivity contribution in [3.05, 3.63) is 35.4 Å². The van der Waals surface area contributed by atoms with Gasteiger partial charge in [-0.25, -0.2) is 0 Å². The van der Waals surface area contributed by atoms with E-state index in [1.807, 2.05) is 15.9 Å². The monoisotopic (exact) mass is 397 g/mol. The number of likely N-dealkylation sites (tertiary alicyclic amines) is 2. The third-order valence-corrected chi connectivity index (χ3v) is 7.01. The second kappa shape index (κ2) is 9.29. The molecule has 4 rings (SSSR count). The highest BCUT2D eigenvalue weighted by Gasteiger charge is 2.37. The summed E-state index contributed by atoms with van der Waals surface area (Å²) < 4.78 is 0. The molecule has 3 heterocycles. The van der Waals surface area contributed by atoms with E-state index < -0.39 is 0 Å². The molecule has 1 aromatic carbocycles. The van der Waals surface area contributed by atoms with E-state index in [-0.39, 0.29) is 17.9 Å². The zero-order chi connectivity index (χ0) is 20.2. The van der Waals surface area contributed by atoms with Gasteiger partial charge in [0.15, 0.2) is 0 Å². The highest BCUT2D eigenvalue weighted by atomic mass is 16.2. The van der Waals surface area contributed by atoms with Crippen LogP contribution in [0, 0.1) is 5.92 Å². The minimum Gasteiger partial charge on any atom is -0.342 e. The minimum atomic E-state index is -0.315. The maximum atomic E-state index is 13.6. The number of benzene rings is 1. The molecule has 2 fully saturated rings. The number of carbonyl (C=O) groups is 2. The molecule has 1 atom stereocenters. The maximum Gasteiger partial charge on any atom is 0.244 e. The van der Waals surface area contributed by atoms with E-state index in [4.69, 9.17) is 0 Å². The number of nitrogens with zero attached hydrogens (tertiary/aromatic N) is 3. The lowest BCUT2D eigenvalue weighted by molar-refractivity contribution is -0.141. The van der Waals surface area contributed by atoms with Crippen molar-refractivity contribution in [1.82, 2.24) is 14.7 Å². The van der Waals surface area contributed by atoms with Crippen molar-refractivity contribution in [1.29, 1.82) is 0 Å². The Bertz CT molecular complexity index is 719. The van der Waals surface area contributed by atoms with Crippen molar-refractivity contribution >= 4 is 11.8 Å². The molecule has 0 unspecified atom stereocenters. The summed E-state index contributed by atoms with van der Waals surface area (Å²) in [5, 5.41) is 0. The average molecular weight is 398 g/mol. The Labute approximate surface area is 175 Å². The zero-order valence-corrected chi connectivity index (χ0v) is 17.8. The van der Waals surface area contributed by atoms with Gasteiger partial charge in [0.25, 0.3) is 0 Å². The van der Waals surface area contributed by atoms with E-state index in [2.05, 4.69) is 30.0 Å². The van der Waals surface area contributed by atoms with E-state index in [1.54, 1.807) is 0 Å². The quantitative estimate of drug-likeness (QED) is 0.786. The summed E-state index contributed by atoms with van der Waals surface area (Å²) in [5.41, 5.74) is 2.36. The normalized spacial score (nSPS) is 24.1. The number of amides is 2. The summed E-state index contributed by atoms with van der Waals surface area (Å²) in [4.78, 5) is 32.9. The Morgan fingerprint density at radius 2 is 1.59 bits per heavy atom. The van der Waals surface area contributed by atoms with E-state index >= 15 is 0 Å². The summed E-state index contributed by atoms with van der Waals surface area (Å²) >= 11 is 0. The Morgan fingerprint density at radius 1 is 0.897 bits per heavy atom. The van der Waals surface area contributed by atoms with E-state index in [1.165, 1.54) is 18.4 Å². The van der Waals surface area contributed by atoms with Gasteiger partial charge in [0.2, 0.25) is 11.8 Å². The molecule has 2 amide bonds. The molecule has 0 saturated carbocycles. The molecule has 158 valence electrons. The Kier molecular flexibility index (Phi) is 6.53. The molecule has 3 aliphatic heterocycles. The lowest BCUT2D eigenvalue weighted by Crippen LogP contribution is -2.51. The first-order valence-corrected chi connectivity index (χ1v) is 11.5. The molecular weight excluding hydrogens is 362 g/mol. The number of rotatable bonds is 3. The molecule has 0 radical (unpaired) electrons. The van der Waals surface area contributed by atoms with Gasteiger partial charge in [-0.1, -0.05) is 44.0 Å². The zero-order valence-electron chi connectivity index (χ0n) is 17.8. The van der Waals surface area contributed by atoms with Crippen LogP contribution < -0.4 is 0 Å². The van der Waals surface area contributed by atoms with Crippen LogP contribution in [0.3, 0.4) is 0 Å². The summed E-state index contributed by atoms with van der Waals surface area (Å²) in [7, 11) is 0. The highest BCUT2D eigenvalue weighted by Crippen LogP contribution is 2.32. The molecule has 1 aromatic rings. The van der Waals surface area contributed by atoms with Crippen molar-refractivity contribution in [3.63, 3.8) is 0 Å². The van der Waals surface area contributed by atoms with Gasteiger partial charge in [0, 0.05) is 32.7 Å². The summed E-state index contributed by atoms with van der Waals surface area (Å²) in [6, 6.07) is 8.00. The lowest BCUT2D eigenvalue weighted by Gasteiger charge is -2.41. The number of carbonyl (C=O) groups excluding carboxylic acids is 2.